The van der Waals surface area contributed by atoms with E-state index in [1.165, 1.54) is 11.3 Å². The summed E-state index contributed by atoms with van der Waals surface area (Å²) in [5, 5.41) is 13.5. The van der Waals surface area contributed by atoms with Gasteiger partial charge in [0.15, 0.2) is 6.04 Å². The van der Waals surface area contributed by atoms with Crippen LogP contribution in [0.15, 0.2) is 17.5 Å². The van der Waals surface area contributed by atoms with Crippen LogP contribution in [0.5, 0.6) is 0 Å². The van der Waals surface area contributed by atoms with E-state index in [4.69, 9.17) is 5.11 Å². The summed E-state index contributed by atoms with van der Waals surface area (Å²) in [6, 6.07) is 2.17. The maximum atomic E-state index is 12.0. The molecule has 1 heterocycles. The highest BCUT2D eigenvalue weighted by Crippen LogP contribution is 2.19. The molecule has 0 aromatic carbocycles. The minimum atomic E-state index is -1.05. The molecule has 2 amide bonds. The van der Waals surface area contributed by atoms with Crippen LogP contribution in [0.2, 0.25) is 0 Å². The zero-order chi connectivity index (χ0) is 13.7. The number of carboxylic acid groups (broad SMARTS) is 1. The van der Waals surface area contributed by atoms with Crippen LogP contribution >= 0.6 is 11.3 Å². The maximum Gasteiger partial charge on any atom is 0.331 e. The lowest BCUT2D eigenvalue weighted by molar-refractivity contribution is -0.139. The molecule has 1 aromatic rings. The third-order valence-corrected chi connectivity index (χ3v) is 3.50. The van der Waals surface area contributed by atoms with Crippen molar-refractivity contribution in [3.8, 4) is 0 Å². The van der Waals surface area contributed by atoms with Crippen LogP contribution in [0.4, 0.5) is 4.79 Å². The van der Waals surface area contributed by atoms with Crippen LogP contribution in [0.1, 0.15) is 31.7 Å². The first kappa shape index (κ1) is 14.5. The number of carbonyl (C=O) groups is 2. The van der Waals surface area contributed by atoms with Crippen molar-refractivity contribution >= 4 is 23.3 Å². The predicted molar refractivity (Wildman–Crippen MR) is 70.7 cm³/mol. The van der Waals surface area contributed by atoms with E-state index in [1.54, 1.807) is 22.4 Å². The largest absolute Gasteiger partial charge is 0.479 e. The van der Waals surface area contributed by atoms with E-state index in [9.17, 15) is 9.59 Å². The molecule has 1 aromatic heterocycles. The number of carbonyl (C=O) groups excluding carboxylic acids is 1. The summed E-state index contributed by atoms with van der Waals surface area (Å²) in [5.74, 6) is -1.05. The molecular formula is C12H18N2O3S. The van der Waals surface area contributed by atoms with Crippen molar-refractivity contribution in [2.24, 2.45) is 0 Å². The van der Waals surface area contributed by atoms with Gasteiger partial charge in [-0.3, -0.25) is 0 Å². The number of nitrogens with one attached hydrogen (secondary N) is 1. The number of nitrogens with zero attached hydrogens (tertiary/aromatic N) is 1. The Bertz CT molecular complexity index is 403. The summed E-state index contributed by atoms with van der Waals surface area (Å²) in [5.41, 5.74) is 0. The van der Waals surface area contributed by atoms with Crippen molar-refractivity contribution in [1.29, 1.82) is 0 Å². The Morgan fingerprint density at radius 1 is 1.50 bits per heavy atom. The summed E-state index contributed by atoms with van der Waals surface area (Å²) in [6.45, 7) is 6.19. The molecule has 0 bridgehead atoms. The third kappa shape index (κ3) is 3.46. The van der Waals surface area contributed by atoms with E-state index in [0.29, 0.717) is 11.4 Å². The molecule has 100 valence electrons. The van der Waals surface area contributed by atoms with E-state index < -0.39 is 12.0 Å². The van der Waals surface area contributed by atoms with Crippen LogP contribution in [0.3, 0.4) is 0 Å². The molecule has 0 aliphatic rings. The highest BCUT2D eigenvalue weighted by atomic mass is 32.1. The highest BCUT2D eigenvalue weighted by molar-refractivity contribution is 7.10. The van der Waals surface area contributed by atoms with E-state index in [0.717, 1.165) is 0 Å². The van der Waals surface area contributed by atoms with Gasteiger partial charge in [0.05, 0.1) is 0 Å². The second-order valence-electron chi connectivity index (χ2n) is 4.12. The van der Waals surface area contributed by atoms with Gasteiger partial charge in [0.25, 0.3) is 0 Å². The predicted octanol–water partition coefficient (Wildman–Crippen LogP) is 2.31. The fraction of sp³-hybridized carbons (Fsp3) is 0.500. The summed E-state index contributed by atoms with van der Waals surface area (Å²) in [4.78, 5) is 25.4. The molecule has 1 rings (SSSR count). The molecule has 0 aliphatic heterocycles. The Kier molecular flexibility index (Phi) is 5.15. The molecular weight excluding hydrogens is 252 g/mol. The fourth-order valence-electron chi connectivity index (χ4n) is 1.66. The van der Waals surface area contributed by atoms with Gasteiger partial charge in [0.1, 0.15) is 0 Å². The number of hydrogen-bond donors (Lipinski definition) is 2. The van der Waals surface area contributed by atoms with Crippen molar-refractivity contribution in [2.45, 2.75) is 32.9 Å². The van der Waals surface area contributed by atoms with E-state index in [1.807, 2.05) is 20.8 Å². The Balaban J connectivity index is 2.79. The first-order valence-electron chi connectivity index (χ1n) is 5.80. The average Bonchev–Trinajstić information content (AvgIpc) is 2.78. The van der Waals surface area contributed by atoms with Gasteiger partial charge in [-0.1, -0.05) is 6.07 Å². The molecule has 5 nitrogen and oxygen atoms in total. The van der Waals surface area contributed by atoms with Gasteiger partial charge >= 0.3 is 12.0 Å². The van der Waals surface area contributed by atoms with E-state index >= 15 is 0 Å². The van der Waals surface area contributed by atoms with Gasteiger partial charge in [0, 0.05) is 17.5 Å². The zero-order valence-electron chi connectivity index (χ0n) is 10.7. The minimum absolute atomic E-state index is 0.0350. The Morgan fingerprint density at radius 2 is 2.17 bits per heavy atom. The molecule has 0 saturated carbocycles. The van der Waals surface area contributed by atoms with Crippen LogP contribution in [0.25, 0.3) is 0 Å². The number of amides is 2. The number of carboxylic acids is 1. The average molecular weight is 270 g/mol. The lowest BCUT2D eigenvalue weighted by Crippen LogP contribution is -2.46. The molecule has 18 heavy (non-hydrogen) atoms. The number of rotatable bonds is 5. The Hall–Kier alpha value is -1.56. The third-order valence-electron chi connectivity index (χ3n) is 2.57. The molecule has 6 heteroatoms. The minimum Gasteiger partial charge on any atom is -0.479 e. The smallest absolute Gasteiger partial charge is 0.331 e. The lowest BCUT2D eigenvalue weighted by atomic mass is 10.2. The van der Waals surface area contributed by atoms with Crippen molar-refractivity contribution in [1.82, 2.24) is 10.2 Å². The monoisotopic (exact) mass is 270 g/mol. The summed E-state index contributed by atoms with van der Waals surface area (Å²) in [7, 11) is 0. The second-order valence-corrected chi connectivity index (χ2v) is 5.10. The van der Waals surface area contributed by atoms with E-state index in [2.05, 4.69) is 5.32 Å². The molecule has 1 unspecified atom stereocenters. The first-order chi connectivity index (χ1) is 8.47. The molecule has 0 aliphatic carbocycles. The Labute approximate surface area is 110 Å². The van der Waals surface area contributed by atoms with Crippen LogP contribution in [0, 0.1) is 0 Å². The Morgan fingerprint density at radius 3 is 2.56 bits per heavy atom. The summed E-state index contributed by atoms with van der Waals surface area (Å²) in [6.07, 6.45) is 0. The van der Waals surface area contributed by atoms with Crippen molar-refractivity contribution in [3.05, 3.63) is 22.4 Å². The number of urea groups is 1. The maximum absolute atomic E-state index is 12.0. The quantitative estimate of drug-likeness (QED) is 0.862. The normalized spacial score (nSPS) is 12.2. The molecule has 2 N–H and O–H groups in total. The van der Waals surface area contributed by atoms with Gasteiger partial charge in [0.2, 0.25) is 0 Å². The number of aliphatic carboxylic acids is 1. The molecule has 0 spiro atoms. The van der Waals surface area contributed by atoms with Gasteiger partial charge in [-0.25, -0.2) is 9.59 Å². The summed E-state index contributed by atoms with van der Waals surface area (Å²) >= 11 is 1.31. The van der Waals surface area contributed by atoms with Crippen LogP contribution < -0.4 is 5.32 Å². The van der Waals surface area contributed by atoms with Gasteiger partial charge in [-0.2, -0.15) is 0 Å². The van der Waals surface area contributed by atoms with Gasteiger partial charge in [-0.15, -0.1) is 11.3 Å². The molecule has 0 radical (unpaired) electrons. The topological polar surface area (TPSA) is 69.6 Å². The fourth-order valence-corrected chi connectivity index (χ4v) is 2.43. The van der Waals surface area contributed by atoms with Crippen molar-refractivity contribution < 1.29 is 14.7 Å². The SMILES string of the molecule is CCN(C(=O)NC(C(=O)O)c1cccs1)C(C)C. The van der Waals surface area contributed by atoms with Gasteiger partial charge in [-0.05, 0) is 32.2 Å². The zero-order valence-corrected chi connectivity index (χ0v) is 11.5. The molecule has 1 atom stereocenters. The van der Waals surface area contributed by atoms with Gasteiger partial charge < -0.3 is 15.3 Å². The first-order valence-corrected chi connectivity index (χ1v) is 6.68. The number of hydrogen-bond acceptors (Lipinski definition) is 3. The number of thiophene rings is 1. The lowest BCUT2D eigenvalue weighted by Gasteiger charge is -2.27. The standard InChI is InChI=1S/C12H18N2O3S/c1-4-14(8(2)3)12(17)13-10(11(15)16)9-6-5-7-18-9/h5-8,10H,4H2,1-3H3,(H,13,17)(H,15,16). The van der Waals surface area contributed by atoms with Crippen molar-refractivity contribution in [3.63, 3.8) is 0 Å². The molecule has 0 fully saturated rings. The van der Waals surface area contributed by atoms with E-state index in [-0.39, 0.29) is 12.1 Å². The van der Waals surface area contributed by atoms with Crippen LogP contribution in [-0.2, 0) is 4.79 Å². The highest BCUT2D eigenvalue weighted by Gasteiger charge is 2.25. The van der Waals surface area contributed by atoms with Crippen molar-refractivity contribution in [2.75, 3.05) is 6.54 Å². The molecule has 0 saturated heterocycles. The van der Waals surface area contributed by atoms with Crippen LogP contribution in [-0.4, -0.2) is 34.6 Å². The summed E-state index contributed by atoms with van der Waals surface area (Å²) < 4.78 is 0. The second kappa shape index (κ2) is 6.39.